The normalized spacial score (nSPS) is 11.2. The van der Waals surface area contributed by atoms with Crippen LogP contribution in [0.25, 0.3) is 11.0 Å². The predicted molar refractivity (Wildman–Crippen MR) is 121 cm³/mol. The number of carbonyl (C=O) groups excluding carboxylic acids is 1. The van der Waals surface area contributed by atoms with Gasteiger partial charge in [-0.25, -0.2) is 4.98 Å². The van der Waals surface area contributed by atoms with Gasteiger partial charge in [0.2, 0.25) is 5.91 Å². The van der Waals surface area contributed by atoms with Gasteiger partial charge in [-0.1, -0.05) is 72.8 Å². The van der Waals surface area contributed by atoms with Gasteiger partial charge in [0.15, 0.2) is 0 Å². The molecule has 0 atom stereocenters. The SMILES string of the molecule is CCN(CC)C(=O)Cn1c(C(c2ccccc2)c2ccccc2)nc2ccccc21. The molecule has 4 nitrogen and oxygen atoms in total. The van der Waals surface area contributed by atoms with Crippen molar-refractivity contribution < 1.29 is 4.79 Å². The van der Waals surface area contributed by atoms with E-state index < -0.39 is 0 Å². The van der Waals surface area contributed by atoms with E-state index >= 15 is 0 Å². The molecule has 0 aliphatic heterocycles. The Morgan fingerprint density at radius 2 is 1.37 bits per heavy atom. The fourth-order valence-electron chi connectivity index (χ4n) is 4.07. The quantitative estimate of drug-likeness (QED) is 0.436. The van der Waals surface area contributed by atoms with Crippen molar-refractivity contribution in [1.82, 2.24) is 14.5 Å². The number of likely N-dealkylation sites (N-methyl/N-ethyl adjacent to an activating group) is 1. The van der Waals surface area contributed by atoms with Crippen LogP contribution in [0.3, 0.4) is 0 Å². The second-order valence-corrected chi connectivity index (χ2v) is 7.37. The maximum atomic E-state index is 13.0. The van der Waals surface area contributed by atoms with Crippen LogP contribution in [0, 0.1) is 0 Å². The molecule has 0 saturated heterocycles. The lowest BCUT2D eigenvalue weighted by Crippen LogP contribution is -2.34. The van der Waals surface area contributed by atoms with Crippen LogP contribution in [-0.4, -0.2) is 33.4 Å². The van der Waals surface area contributed by atoms with Crippen LogP contribution >= 0.6 is 0 Å². The Bertz CT molecular complexity index is 1080. The largest absolute Gasteiger partial charge is 0.342 e. The number of carbonyl (C=O) groups is 1. The summed E-state index contributed by atoms with van der Waals surface area (Å²) in [6.45, 7) is 5.74. The highest BCUT2D eigenvalue weighted by atomic mass is 16.2. The van der Waals surface area contributed by atoms with Gasteiger partial charge in [0.05, 0.1) is 17.0 Å². The van der Waals surface area contributed by atoms with Gasteiger partial charge in [0.25, 0.3) is 0 Å². The highest BCUT2D eigenvalue weighted by molar-refractivity contribution is 5.81. The molecule has 0 bridgehead atoms. The fraction of sp³-hybridized carbons (Fsp3) is 0.231. The van der Waals surface area contributed by atoms with Crippen LogP contribution in [0.1, 0.15) is 36.7 Å². The number of aromatic nitrogens is 2. The van der Waals surface area contributed by atoms with Gasteiger partial charge in [-0.05, 0) is 37.1 Å². The summed E-state index contributed by atoms with van der Waals surface area (Å²) >= 11 is 0. The monoisotopic (exact) mass is 397 g/mol. The molecule has 0 saturated carbocycles. The summed E-state index contributed by atoms with van der Waals surface area (Å²) in [6.07, 6.45) is 0. The third-order valence-corrected chi connectivity index (χ3v) is 5.62. The molecule has 4 aromatic rings. The van der Waals surface area contributed by atoms with Gasteiger partial charge in [0.1, 0.15) is 12.4 Å². The first kappa shape index (κ1) is 19.9. The van der Waals surface area contributed by atoms with E-state index in [9.17, 15) is 4.79 Å². The van der Waals surface area contributed by atoms with Gasteiger partial charge >= 0.3 is 0 Å². The summed E-state index contributed by atoms with van der Waals surface area (Å²) in [6, 6.07) is 28.9. The average Bonchev–Trinajstić information content (AvgIpc) is 3.14. The Morgan fingerprint density at radius 3 is 1.93 bits per heavy atom. The number of nitrogens with zero attached hydrogens (tertiary/aromatic N) is 3. The molecular formula is C26H27N3O. The summed E-state index contributed by atoms with van der Waals surface area (Å²) in [7, 11) is 0. The molecule has 4 heteroatoms. The summed E-state index contributed by atoms with van der Waals surface area (Å²) in [5.41, 5.74) is 4.23. The molecule has 30 heavy (non-hydrogen) atoms. The lowest BCUT2D eigenvalue weighted by Gasteiger charge is -2.23. The molecule has 152 valence electrons. The van der Waals surface area contributed by atoms with Crippen LogP contribution in [0.2, 0.25) is 0 Å². The maximum absolute atomic E-state index is 13.0. The molecule has 0 unspecified atom stereocenters. The first-order valence-corrected chi connectivity index (χ1v) is 10.6. The first-order valence-electron chi connectivity index (χ1n) is 10.6. The molecule has 0 spiro atoms. The van der Waals surface area contributed by atoms with Crippen LogP contribution in [0.4, 0.5) is 0 Å². The molecule has 1 amide bonds. The van der Waals surface area contributed by atoms with Gasteiger partial charge in [-0.15, -0.1) is 0 Å². The van der Waals surface area contributed by atoms with Crippen LogP contribution in [0.5, 0.6) is 0 Å². The number of imidazole rings is 1. The Kier molecular flexibility index (Phi) is 5.94. The fourth-order valence-corrected chi connectivity index (χ4v) is 4.07. The van der Waals surface area contributed by atoms with Crippen LogP contribution < -0.4 is 0 Å². The van der Waals surface area contributed by atoms with Crippen molar-refractivity contribution in [3.8, 4) is 0 Å². The molecule has 0 radical (unpaired) electrons. The van der Waals surface area contributed by atoms with E-state index in [0.29, 0.717) is 13.1 Å². The van der Waals surface area contributed by atoms with Crippen molar-refractivity contribution in [3.05, 3.63) is 102 Å². The molecule has 0 aliphatic carbocycles. The summed E-state index contributed by atoms with van der Waals surface area (Å²) in [5, 5.41) is 0. The van der Waals surface area contributed by atoms with Gasteiger partial charge in [0, 0.05) is 13.1 Å². The molecular weight excluding hydrogens is 370 g/mol. The molecule has 1 aromatic heterocycles. The number of fused-ring (bicyclic) bond motifs is 1. The molecule has 3 aromatic carbocycles. The molecule has 0 N–H and O–H groups in total. The lowest BCUT2D eigenvalue weighted by atomic mass is 9.90. The van der Waals surface area contributed by atoms with Gasteiger partial charge in [-0.3, -0.25) is 4.79 Å². The van der Waals surface area contributed by atoms with Crippen molar-refractivity contribution in [2.24, 2.45) is 0 Å². The number of rotatable bonds is 7. The third-order valence-electron chi connectivity index (χ3n) is 5.62. The zero-order valence-corrected chi connectivity index (χ0v) is 17.5. The van der Waals surface area contributed by atoms with Gasteiger partial charge < -0.3 is 9.47 Å². The van der Waals surface area contributed by atoms with Gasteiger partial charge in [-0.2, -0.15) is 0 Å². The van der Waals surface area contributed by atoms with Crippen LogP contribution in [0.15, 0.2) is 84.9 Å². The summed E-state index contributed by atoms with van der Waals surface area (Å²) in [5.74, 6) is 0.961. The average molecular weight is 398 g/mol. The number of hydrogen-bond donors (Lipinski definition) is 0. The van der Waals surface area contributed by atoms with Crippen molar-refractivity contribution in [1.29, 1.82) is 0 Å². The van der Waals surface area contributed by atoms with E-state index in [1.54, 1.807) is 0 Å². The van der Waals surface area contributed by atoms with E-state index in [1.165, 1.54) is 0 Å². The van der Waals surface area contributed by atoms with E-state index in [4.69, 9.17) is 4.98 Å². The second kappa shape index (κ2) is 8.95. The number of benzene rings is 3. The number of para-hydroxylation sites is 2. The lowest BCUT2D eigenvalue weighted by molar-refractivity contribution is -0.131. The van der Waals surface area contributed by atoms with Crippen LogP contribution in [-0.2, 0) is 11.3 Å². The Hall–Kier alpha value is -3.40. The summed E-state index contributed by atoms with van der Waals surface area (Å²) in [4.78, 5) is 19.9. The minimum absolute atomic E-state index is 0.0516. The van der Waals surface area contributed by atoms with E-state index in [0.717, 1.165) is 28.0 Å². The predicted octanol–water partition coefficient (Wildman–Crippen LogP) is 5.08. The van der Waals surface area contributed by atoms with Crippen molar-refractivity contribution in [2.75, 3.05) is 13.1 Å². The number of hydrogen-bond acceptors (Lipinski definition) is 2. The van der Waals surface area contributed by atoms with E-state index in [1.807, 2.05) is 55.1 Å². The Labute approximate surface area is 177 Å². The van der Waals surface area contributed by atoms with Crippen molar-refractivity contribution in [3.63, 3.8) is 0 Å². The number of amides is 1. The minimum Gasteiger partial charge on any atom is -0.342 e. The smallest absolute Gasteiger partial charge is 0.242 e. The first-order chi connectivity index (χ1) is 14.7. The van der Waals surface area contributed by atoms with E-state index in [2.05, 4.69) is 53.1 Å². The molecule has 0 aliphatic rings. The maximum Gasteiger partial charge on any atom is 0.242 e. The zero-order valence-electron chi connectivity index (χ0n) is 17.5. The molecule has 0 fully saturated rings. The zero-order chi connectivity index (χ0) is 20.9. The third kappa shape index (κ3) is 3.86. The highest BCUT2D eigenvalue weighted by Gasteiger charge is 2.25. The van der Waals surface area contributed by atoms with Crippen molar-refractivity contribution >= 4 is 16.9 Å². The van der Waals surface area contributed by atoms with Crippen molar-refractivity contribution in [2.45, 2.75) is 26.3 Å². The molecule has 1 heterocycles. The standard InChI is InChI=1S/C26H27N3O/c1-3-28(4-2)24(30)19-29-23-18-12-11-17-22(23)27-26(29)25(20-13-7-5-8-14-20)21-15-9-6-10-16-21/h5-18,25H,3-4,19H2,1-2H3. The Morgan fingerprint density at radius 1 is 0.833 bits per heavy atom. The topological polar surface area (TPSA) is 38.1 Å². The molecule has 4 rings (SSSR count). The summed E-state index contributed by atoms with van der Waals surface area (Å²) < 4.78 is 2.10. The highest BCUT2D eigenvalue weighted by Crippen LogP contribution is 2.33. The second-order valence-electron chi connectivity index (χ2n) is 7.37. The minimum atomic E-state index is -0.0516. The Balaban J connectivity index is 1.90. The van der Waals surface area contributed by atoms with E-state index in [-0.39, 0.29) is 18.4 Å².